The Labute approximate surface area is 143 Å². The molecule has 0 atom stereocenters. The summed E-state index contributed by atoms with van der Waals surface area (Å²) in [5, 5.41) is 5.77. The molecule has 0 aliphatic carbocycles. The molecule has 3 aromatic rings. The topological polar surface area (TPSA) is 52.8 Å². The van der Waals surface area contributed by atoms with Crippen molar-refractivity contribution in [1.29, 1.82) is 0 Å². The van der Waals surface area contributed by atoms with E-state index < -0.39 is 8.07 Å². The SMILES string of the molecule is Cc1ccc2c(-c3cccnc3)nn(COCC[Si](C)(C)C)c2n1. The summed E-state index contributed by atoms with van der Waals surface area (Å²) in [4.78, 5) is 8.86. The van der Waals surface area contributed by atoms with Crippen molar-refractivity contribution < 1.29 is 4.74 Å². The maximum atomic E-state index is 5.87. The minimum atomic E-state index is -1.08. The van der Waals surface area contributed by atoms with Gasteiger partial charge in [0.2, 0.25) is 0 Å². The second-order valence-electron chi connectivity index (χ2n) is 7.26. The van der Waals surface area contributed by atoms with E-state index >= 15 is 0 Å². The molecule has 0 saturated heterocycles. The zero-order chi connectivity index (χ0) is 17.2. The smallest absolute Gasteiger partial charge is 0.161 e. The van der Waals surface area contributed by atoms with Gasteiger partial charge in [0.1, 0.15) is 12.4 Å². The number of ether oxygens (including phenoxy) is 1. The van der Waals surface area contributed by atoms with Crippen molar-refractivity contribution in [3.05, 3.63) is 42.4 Å². The highest BCUT2D eigenvalue weighted by Gasteiger charge is 2.15. The Morgan fingerprint density at radius 2 is 2.00 bits per heavy atom. The summed E-state index contributed by atoms with van der Waals surface area (Å²) in [6.45, 7) is 10.2. The standard InChI is InChI=1S/C18H24N4OSi/c1-14-7-8-16-17(15-6-5-9-19-12-15)21-22(18(16)20-14)13-23-10-11-24(2,3)4/h5-9,12H,10-11,13H2,1-4H3. The Hall–Kier alpha value is -2.05. The van der Waals surface area contributed by atoms with Crippen LogP contribution in [0.5, 0.6) is 0 Å². The van der Waals surface area contributed by atoms with Crippen LogP contribution in [-0.2, 0) is 11.5 Å². The van der Waals surface area contributed by atoms with E-state index in [1.54, 1.807) is 6.20 Å². The highest BCUT2D eigenvalue weighted by atomic mass is 28.3. The number of fused-ring (bicyclic) bond motifs is 1. The van der Waals surface area contributed by atoms with Gasteiger partial charge >= 0.3 is 0 Å². The number of aromatic nitrogens is 4. The van der Waals surface area contributed by atoms with Crippen LogP contribution in [0.2, 0.25) is 25.7 Å². The van der Waals surface area contributed by atoms with E-state index in [0.29, 0.717) is 6.73 Å². The van der Waals surface area contributed by atoms with Crippen molar-refractivity contribution in [3.8, 4) is 11.3 Å². The summed E-state index contributed by atoms with van der Waals surface area (Å²) in [7, 11) is -1.08. The van der Waals surface area contributed by atoms with Gasteiger partial charge < -0.3 is 4.74 Å². The van der Waals surface area contributed by atoms with Crippen molar-refractivity contribution in [2.45, 2.75) is 39.3 Å². The summed E-state index contributed by atoms with van der Waals surface area (Å²) in [6.07, 6.45) is 3.60. The molecule has 0 saturated carbocycles. The normalized spacial score (nSPS) is 12.0. The first-order valence-electron chi connectivity index (χ1n) is 8.26. The van der Waals surface area contributed by atoms with E-state index in [1.165, 1.54) is 0 Å². The number of pyridine rings is 2. The van der Waals surface area contributed by atoms with E-state index in [0.717, 1.165) is 40.6 Å². The van der Waals surface area contributed by atoms with Gasteiger partial charge in [-0.25, -0.2) is 9.67 Å². The summed E-state index contributed by atoms with van der Waals surface area (Å²) in [6, 6.07) is 9.18. The minimum absolute atomic E-state index is 0.428. The molecule has 0 aromatic carbocycles. The van der Waals surface area contributed by atoms with Crippen LogP contribution in [0.1, 0.15) is 5.69 Å². The zero-order valence-electron chi connectivity index (χ0n) is 14.8. The summed E-state index contributed by atoms with van der Waals surface area (Å²) < 4.78 is 7.73. The lowest BCUT2D eigenvalue weighted by atomic mass is 10.1. The predicted molar refractivity (Wildman–Crippen MR) is 99.6 cm³/mol. The Morgan fingerprint density at radius 1 is 1.17 bits per heavy atom. The van der Waals surface area contributed by atoms with Gasteiger partial charge in [-0.1, -0.05) is 19.6 Å². The maximum absolute atomic E-state index is 5.87. The third-order valence-corrected chi connectivity index (χ3v) is 5.58. The molecule has 126 valence electrons. The molecule has 0 spiro atoms. The van der Waals surface area contributed by atoms with Gasteiger partial charge in [-0.3, -0.25) is 4.98 Å². The Bertz CT molecular complexity index is 824. The first-order valence-corrected chi connectivity index (χ1v) is 12.0. The summed E-state index contributed by atoms with van der Waals surface area (Å²) >= 11 is 0. The highest BCUT2D eigenvalue weighted by Crippen LogP contribution is 2.26. The molecule has 5 nitrogen and oxygen atoms in total. The van der Waals surface area contributed by atoms with Crippen LogP contribution < -0.4 is 0 Å². The van der Waals surface area contributed by atoms with Crippen LogP contribution in [0.15, 0.2) is 36.7 Å². The molecule has 0 unspecified atom stereocenters. The average Bonchev–Trinajstić information content (AvgIpc) is 2.89. The van der Waals surface area contributed by atoms with E-state index in [1.807, 2.05) is 36.0 Å². The van der Waals surface area contributed by atoms with Gasteiger partial charge in [-0.15, -0.1) is 0 Å². The van der Waals surface area contributed by atoms with Gasteiger partial charge in [0.05, 0.1) is 0 Å². The molecule has 0 bridgehead atoms. The lowest BCUT2D eigenvalue weighted by molar-refractivity contribution is 0.0814. The van der Waals surface area contributed by atoms with Crippen LogP contribution in [0.3, 0.4) is 0 Å². The van der Waals surface area contributed by atoms with Crippen LogP contribution in [0, 0.1) is 6.92 Å². The molecule has 0 aliphatic heterocycles. The zero-order valence-corrected chi connectivity index (χ0v) is 15.8. The molecule has 6 heteroatoms. The third kappa shape index (κ3) is 3.88. The number of hydrogen-bond acceptors (Lipinski definition) is 4. The van der Waals surface area contributed by atoms with Crippen molar-refractivity contribution in [2.24, 2.45) is 0 Å². The Kier molecular flexibility index (Phi) is 4.77. The fraction of sp³-hybridized carbons (Fsp3) is 0.389. The molecule has 3 aromatic heterocycles. The van der Waals surface area contributed by atoms with Crippen LogP contribution >= 0.6 is 0 Å². The van der Waals surface area contributed by atoms with Crippen molar-refractivity contribution in [2.75, 3.05) is 6.61 Å². The molecule has 3 heterocycles. The van der Waals surface area contributed by atoms with E-state index in [2.05, 4.69) is 35.7 Å². The second kappa shape index (κ2) is 6.82. The molecule has 24 heavy (non-hydrogen) atoms. The largest absolute Gasteiger partial charge is 0.359 e. The van der Waals surface area contributed by atoms with Gasteiger partial charge in [-0.05, 0) is 37.2 Å². The Balaban J connectivity index is 1.89. The van der Waals surface area contributed by atoms with Gasteiger partial charge in [0, 0.05) is 43.7 Å². The summed E-state index contributed by atoms with van der Waals surface area (Å²) in [5.41, 5.74) is 3.73. The summed E-state index contributed by atoms with van der Waals surface area (Å²) in [5.74, 6) is 0. The molecule has 0 fully saturated rings. The molecular weight excluding hydrogens is 316 g/mol. The fourth-order valence-electron chi connectivity index (χ4n) is 2.48. The predicted octanol–water partition coefficient (Wildman–Crippen LogP) is 4.11. The van der Waals surface area contributed by atoms with E-state index in [-0.39, 0.29) is 0 Å². The lowest BCUT2D eigenvalue weighted by Crippen LogP contribution is -2.22. The molecular formula is C18H24N4OSi. The Morgan fingerprint density at radius 3 is 2.71 bits per heavy atom. The van der Waals surface area contributed by atoms with E-state index in [4.69, 9.17) is 9.84 Å². The number of hydrogen-bond donors (Lipinski definition) is 0. The minimum Gasteiger partial charge on any atom is -0.359 e. The quantitative estimate of drug-likeness (QED) is 0.500. The van der Waals surface area contributed by atoms with Crippen molar-refractivity contribution in [3.63, 3.8) is 0 Å². The van der Waals surface area contributed by atoms with Gasteiger partial charge in [-0.2, -0.15) is 5.10 Å². The van der Waals surface area contributed by atoms with Crippen LogP contribution in [-0.4, -0.2) is 34.4 Å². The maximum Gasteiger partial charge on any atom is 0.161 e. The first-order chi connectivity index (χ1) is 11.4. The molecule has 0 amide bonds. The highest BCUT2D eigenvalue weighted by molar-refractivity contribution is 6.76. The molecule has 0 N–H and O–H groups in total. The number of nitrogens with zero attached hydrogens (tertiary/aromatic N) is 4. The second-order valence-corrected chi connectivity index (χ2v) is 12.9. The molecule has 0 radical (unpaired) electrons. The van der Waals surface area contributed by atoms with Crippen molar-refractivity contribution in [1.82, 2.24) is 19.7 Å². The average molecular weight is 341 g/mol. The van der Waals surface area contributed by atoms with E-state index in [9.17, 15) is 0 Å². The third-order valence-electron chi connectivity index (χ3n) is 3.88. The molecule has 3 rings (SSSR count). The monoisotopic (exact) mass is 340 g/mol. The van der Waals surface area contributed by atoms with Gasteiger partial charge in [0.15, 0.2) is 5.65 Å². The lowest BCUT2D eigenvalue weighted by Gasteiger charge is -2.15. The first kappa shape index (κ1) is 16.8. The fourth-order valence-corrected chi connectivity index (χ4v) is 3.24. The van der Waals surface area contributed by atoms with Crippen LogP contribution in [0.4, 0.5) is 0 Å². The van der Waals surface area contributed by atoms with Crippen molar-refractivity contribution >= 4 is 19.1 Å². The van der Waals surface area contributed by atoms with Gasteiger partial charge in [0.25, 0.3) is 0 Å². The number of rotatable bonds is 6. The molecule has 0 aliphatic rings. The number of aryl methyl sites for hydroxylation is 1. The van der Waals surface area contributed by atoms with Crippen LogP contribution in [0.25, 0.3) is 22.3 Å².